The number of hydrogen-bond donors (Lipinski definition) is 0. The van der Waals surface area contributed by atoms with Crippen molar-refractivity contribution in [2.24, 2.45) is 0 Å². The summed E-state index contributed by atoms with van der Waals surface area (Å²) in [6, 6.07) is 19.6. The Morgan fingerprint density at radius 3 is 0.876 bits per heavy atom. The molecule has 0 saturated carbocycles. The summed E-state index contributed by atoms with van der Waals surface area (Å²) in [5.41, 5.74) is 5.78. The Balaban J connectivity index is 1.35. The molecule has 0 aliphatic rings. The average Bonchev–Trinajstić information content (AvgIpc) is 1.63. The summed E-state index contributed by atoms with van der Waals surface area (Å²) in [6.07, 6.45) is 35.4. The van der Waals surface area contributed by atoms with Crippen molar-refractivity contribution in [3.8, 4) is 64.6 Å². The summed E-state index contributed by atoms with van der Waals surface area (Å²) in [6.45, 7) is 16.6. The van der Waals surface area contributed by atoms with E-state index >= 15 is 0 Å². The highest BCUT2D eigenvalue weighted by molar-refractivity contribution is 7.31. The van der Waals surface area contributed by atoms with Gasteiger partial charge in [-0.1, -0.05) is 234 Å². The van der Waals surface area contributed by atoms with Crippen molar-refractivity contribution in [3.05, 3.63) is 114 Å². The van der Waals surface area contributed by atoms with Gasteiger partial charge in [-0.3, -0.25) is 4.79 Å². The molecule has 0 amide bonds. The van der Waals surface area contributed by atoms with Crippen molar-refractivity contribution >= 4 is 103 Å². The highest BCUT2D eigenvalue weighted by Gasteiger charge is 2.59. The fourth-order valence-corrected chi connectivity index (χ4v) is 22.9. The zero-order chi connectivity index (χ0) is 81.8. The number of hydrogen-bond acceptors (Lipinski definition) is 12. The number of aryl methyl sites for hydroxylation is 6. The molecule has 7 aromatic rings. The molecule has 7 rings (SSSR count). The lowest BCUT2D eigenvalue weighted by molar-refractivity contribution is -0.293. The van der Waals surface area contributed by atoms with E-state index in [1.165, 1.54) is 160 Å². The Kier molecular flexibility index (Phi) is 41.2. The Hall–Kier alpha value is -5.40. The molecule has 0 fully saturated rings. The normalized spacial score (nSPS) is 12.5. The molecule has 0 bridgehead atoms. The Labute approximate surface area is 694 Å². The molecule has 6 nitrogen and oxygen atoms in total. The second-order valence-electron chi connectivity index (χ2n) is 30.0. The van der Waals surface area contributed by atoms with Crippen molar-refractivity contribution in [3.63, 3.8) is 0 Å². The van der Waals surface area contributed by atoms with Gasteiger partial charge in [0, 0.05) is 68.3 Å². The van der Waals surface area contributed by atoms with E-state index in [0.717, 1.165) is 223 Å². The lowest BCUT2D eigenvalue weighted by atomic mass is 10.0. The number of rotatable bonds is 56. The SMILES string of the molecule is [C-]#[N+]/C(=C\c1cc(CCCCCCCC)c(-c2cc(CCCCCCCC)c(-c3cc(CCCCCCCC)c(-c4ccc(-c5sc(-c6sc(-c7sc(/C=C(\C#N)C(=O)OCC(F)(F)C(F)(F)F)cc7CCCCCCCC)cc6CCCCCCCC)cc5CCCCCCCC)s4)s3)s2)s1)C(=O)OCC(F)(F)C(F)(F)F. The molecule has 7 aromatic heterocycles. The topological polar surface area (TPSA) is 80.8 Å². The van der Waals surface area contributed by atoms with E-state index in [0.29, 0.717) is 22.6 Å². The van der Waals surface area contributed by atoms with E-state index in [4.69, 9.17) is 6.57 Å². The average molecular weight is 1700 g/mol. The number of halogens is 10. The molecule has 0 aliphatic carbocycles. The van der Waals surface area contributed by atoms with Gasteiger partial charge in [-0.15, -0.1) is 79.4 Å². The van der Waals surface area contributed by atoms with Gasteiger partial charge < -0.3 is 9.47 Å². The summed E-state index contributed by atoms with van der Waals surface area (Å²) in [5, 5.41) is 10.1. The molecule has 0 unspecified atom stereocenters. The minimum absolute atomic E-state index is 0.490. The lowest BCUT2D eigenvalue weighted by Gasteiger charge is -2.18. The second-order valence-corrected chi connectivity index (χ2v) is 37.5. The third-order valence-electron chi connectivity index (χ3n) is 20.5. The Bertz CT molecular complexity index is 3900. The maximum Gasteiger partial charge on any atom is 0.456 e. The van der Waals surface area contributed by atoms with Crippen LogP contribution in [0.3, 0.4) is 0 Å². The van der Waals surface area contributed by atoms with Crippen molar-refractivity contribution in [1.82, 2.24) is 0 Å². The number of unbranched alkanes of at least 4 members (excludes halogenated alkanes) is 30. The summed E-state index contributed by atoms with van der Waals surface area (Å²) < 4.78 is 144. The number of ether oxygens (including phenoxy) is 2. The fraction of sp³-hybridized carbons (Fsp3) is 0.600. The molecule has 0 N–H and O–H groups in total. The van der Waals surface area contributed by atoms with Crippen LogP contribution in [0.15, 0.2) is 59.8 Å². The first-order valence-corrected chi connectivity index (χ1v) is 47.4. The largest absolute Gasteiger partial charge is 0.464 e. The minimum Gasteiger partial charge on any atom is -0.464 e. The third kappa shape index (κ3) is 29.9. The van der Waals surface area contributed by atoms with Crippen LogP contribution in [0.2, 0.25) is 0 Å². The molecule has 23 heteroatoms. The van der Waals surface area contributed by atoms with E-state index in [1.54, 1.807) is 28.7 Å². The van der Waals surface area contributed by atoms with Crippen LogP contribution in [0.25, 0.3) is 75.5 Å². The first kappa shape index (κ1) is 94.7. The number of thiophene rings is 7. The summed E-state index contributed by atoms with van der Waals surface area (Å²) >= 11 is 11.8. The molecular weight excluding hydrogens is 1590 g/mol. The molecule has 0 aromatic carbocycles. The van der Waals surface area contributed by atoms with Gasteiger partial charge in [-0.2, -0.15) is 49.2 Å². The smallest absolute Gasteiger partial charge is 0.456 e. The van der Waals surface area contributed by atoms with Crippen LogP contribution in [-0.4, -0.2) is 49.4 Å². The number of nitrogens with zero attached hydrogens (tertiary/aromatic N) is 2. The van der Waals surface area contributed by atoms with Crippen molar-refractivity contribution in [2.45, 2.75) is 335 Å². The maximum atomic E-state index is 14.0. The molecule has 7 heterocycles. The van der Waals surface area contributed by atoms with Gasteiger partial charge in [0.2, 0.25) is 0 Å². The first-order valence-electron chi connectivity index (χ1n) is 41.7. The van der Waals surface area contributed by atoms with Crippen LogP contribution in [0.1, 0.15) is 316 Å². The zero-order valence-corrected chi connectivity index (χ0v) is 72.8. The van der Waals surface area contributed by atoms with Crippen LogP contribution in [-0.2, 0) is 57.6 Å². The minimum atomic E-state index is -5.94. The lowest BCUT2D eigenvalue weighted by Crippen LogP contribution is -2.41. The molecule has 113 heavy (non-hydrogen) atoms. The predicted molar refractivity (Wildman–Crippen MR) is 459 cm³/mol. The van der Waals surface area contributed by atoms with Crippen LogP contribution in [0, 0.1) is 17.9 Å². The van der Waals surface area contributed by atoms with Gasteiger partial charge in [0.1, 0.15) is 11.6 Å². The van der Waals surface area contributed by atoms with E-state index < -0.39 is 60.6 Å². The van der Waals surface area contributed by atoms with Gasteiger partial charge in [0.05, 0.1) is 6.57 Å². The summed E-state index contributed by atoms with van der Waals surface area (Å²) in [7, 11) is 0. The van der Waals surface area contributed by atoms with E-state index in [2.05, 4.69) is 92.3 Å². The number of alkyl halides is 10. The third-order valence-corrected chi connectivity index (χ3v) is 29.6. The van der Waals surface area contributed by atoms with E-state index in [1.807, 2.05) is 46.1 Å². The predicted octanol–water partition coefficient (Wildman–Crippen LogP) is 33.2. The van der Waals surface area contributed by atoms with Crippen molar-refractivity contribution in [2.75, 3.05) is 13.2 Å². The maximum absolute atomic E-state index is 14.0. The molecule has 0 aliphatic heterocycles. The first-order chi connectivity index (χ1) is 54.3. The van der Waals surface area contributed by atoms with Gasteiger partial charge in [-0.05, 0) is 171 Å². The van der Waals surface area contributed by atoms with Crippen LogP contribution < -0.4 is 0 Å². The quantitative estimate of drug-likeness (QED) is 0.00948. The van der Waals surface area contributed by atoms with Crippen molar-refractivity contribution < 1.29 is 63.0 Å². The van der Waals surface area contributed by atoms with Crippen LogP contribution in [0.4, 0.5) is 43.9 Å². The number of carbonyl (C=O) groups excluding carboxylic acids is 2. The van der Waals surface area contributed by atoms with Crippen LogP contribution in [0.5, 0.6) is 0 Å². The van der Waals surface area contributed by atoms with Crippen LogP contribution >= 0.6 is 79.4 Å². The molecule has 0 spiro atoms. The molecular formula is C90H116F10N2O4S7. The van der Waals surface area contributed by atoms with Crippen molar-refractivity contribution in [1.29, 1.82) is 5.26 Å². The Morgan fingerprint density at radius 2 is 0.602 bits per heavy atom. The second kappa shape index (κ2) is 49.1. The van der Waals surface area contributed by atoms with E-state index in [-0.39, 0.29) is 0 Å². The summed E-state index contributed by atoms with van der Waals surface area (Å²) in [5.74, 6) is -13.7. The number of nitriles is 1. The van der Waals surface area contributed by atoms with E-state index in [9.17, 15) is 58.8 Å². The highest BCUT2D eigenvalue weighted by atomic mass is 32.1. The Morgan fingerprint density at radius 1 is 0.354 bits per heavy atom. The number of carbonyl (C=O) groups is 2. The monoisotopic (exact) mass is 1700 g/mol. The number of esters is 2. The zero-order valence-electron chi connectivity index (χ0n) is 67.1. The van der Waals surface area contributed by atoms with Gasteiger partial charge in [0.15, 0.2) is 13.2 Å². The van der Waals surface area contributed by atoms with Gasteiger partial charge >= 0.3 is 36.1 Å². The van der Waals surface area contributed by atoms with Gasteiger partial charge in [0.25, 0.3) is 5.70 Å². The summed E-state index contributed by atoms with van der Waals surface area (Å²) in [4.78, 5) is 44.1. The highest BCUT2D eigenvalue weighted by Crippen LogP contribution is 2.53. The molecule has 622 valence electrons. The molecule has 0 atom stereocenters. The molecule has 0 saturated heterocycles. The fourth-order valence-electron chi connectivity index (χ4n) is 13.9. The molecule has 0 radical (unpaired) electrons. The van der Waals surface area contributed by atoms with Gasteiger partial charge in [-0.25, -0.2) is 9.64 Å². The standard InChI is InChI=1S/C90H116F10N2O4S7/c1-8-14-20-26-32-38-44-63-52-70(54-69(60-101)85(103)105-61-87(91,92)89(95,96)97)107-81(63)75-57-67(48-42-36-30-24-18-12-5)83(112-75)77-55-65(46-40-34-28-22-16-10-3)79(110-77)73-50-51-74(109-73)80-66(47-41-35-29-23-17-11-4)56-78(111-80)84-68(49-43-37-31-25-19-13-6)58-76(113-84)82-64(45-39-33-27-21-15-9-2)53-71(108-82)59-72(102-7)86(104)106-62-88(93,94)90(98,99)100/h50-59H,8-49,61-62H2,1-6H3/b69-54+,72-59-.